The number of carboxylic acids is 1. The molecule has 82 valence electrons. The number of carbonyl (C=O) groups is 1. The van der Waals surface area contributed by atoms with Crippen molar-refractivity contribution in [2.24, 2.45) is 0 Å². The van der Waals surface area contributed by atoms with Crippen LogP contribution in [-0.4, -0.2) is 17.7 Å². The Morgan fingerprint density at radius 1 is 1.53 bits per heavy atom. The summed E-state index contributed by atoms with van der Waals surface area (Å²) in [5, 5.41) is 8.75. The van der Waals surface area contributed by atoms with E-state index in [2.05, 4.69) is 22.6 Å². The Bertz CT molecular complexity index is 350. The molecule has 1 rings (SSSR count). The summed E-state index contributed by atoms with van der Waals surface area (Å²) >= 11 is 2.16. The molecule has 0 saturated carbocycles. The first-order chi connectivity index (χ1) is 7.13. The van der Waals surface area contributed by atoms with Gasteiger partial charge in [0.25, 0.3) is 0 Å². The van der Waals surface area contributed by atoms with Gasteiger partial charge in [0.1, 0.15) is 5.75 Å². The van der Waals surface area contributed by atoms with E-state index in [-0.39, 0.29) is 6.42 Å². The van der Waals surface area contributed by atoms with Gasteiger partial charge in [-0.15, -0.1) is 0 Å². The van der Waals surface area contributed by atoms with Crippen molar-refractivity contribution < 1.29 is 14.6 Å². The maximum absolute atomic E-state index is 10.6. The van der Waals surface area contributed by atoms with Crippen molar-refractivity contribution in [2.45, 2.75) is 19.8 Å². The highest BCUT2D eigenvalue weighted by atomic mass is 127. The van der Waals surface area contributed by atoms with Gasteiger partial charge in [-0.3, -0.25) is 4.79 Å². The second kappa shape index (κ2) is 5.95. The zero-order chi connectivity index (χ0) is 11.3. The van der Waals surface area contributed by atoms with Crippen LogP contribution < -0.4 is 4.74 Å². The molecule has 0 radical (unpaired) electrons. The molecule has 0 aliphatic carbocycles. The van der Waals surface area contributed by atoms with Gasteiger partial charge in [-0.25, -0.2) is 0 Å². The van der Waals surface area contributed by atoms with Crippen molar-refractivity contribution in [1.29, 1.82) is 0 Å². The van der Waals surface area contributed by atoms with Crippen LogP contribution in [0, 0.1) is 3.57 Å². The topological polar surface area (TPSA) is 46.5 Å². The number of hydrogen-bond acceptors (Lipinski definition) is 2. The molecule has 0 unspecified atom stereocenters. The van der Waals surface area contributed by atoms with Crippen LogP contribution in [0.1, 0.15) is 18.9 Å². The van der Waals surface area contributed by atoms with Crippen LogP contribution in [-0.2, 0) is 11.2 Å². The third-order valence-corrected chi connectivity index (χ3v) is 2.50. The largest absolute Gasteiger partial charge is 0.493 e. The molecule has 0 heterocycles. The number of rotatable bonds is 5. The summed E-state index contributed by atoms with van der Waals surface area (Å²) in [5.74, 6) is -0.155. The lowest BCUT2D eigenvalue weighted by Gasteiger charge is -2.09. The number of halogens is 1. The lowest BCUT2D eigenvalue weighted by atomic mass is 10.1. The summed E-state index contributed by atoms with van der Waals surface area (Å²) in [6.07, 6.45) is 0.925. The summed E-state index contributed by atoms with van der Waals surface area (Å²) in [6, 6.07) is 5.59. The Morgan fingerprint density at radius 2 is 2.27 bits per heavy atom. The summed E-state index contributed by atoms with van der Waals surface area (Å²) < 4.78 is 6.50. The predicted molar refractivity (Wildman–Crippen MR) is 66.3 cm³/mol. The maximum atomic E-state index is 10.6. The van der Waals surface area contributed by atoms with E-state index in [0.29, 0.717) is 12.4 Å². The molecule has 1 N–H and O–H groups in total. The van der Waals surface area contributed by atoms with Crippen molar-refractivity contribution in [1.82, 2.24) is 0 Å². The normalized spacial score (nSPS) is 10.0. The quantitative estimate of drug-likeness (QED) is 0.849. The molecule has 3 nitrogen and oxygen atoms in total. The molecule has 0 atom stereocenters. The molecule has 1 aromatic carbocycles. The molecule has 0 aliphatic rings. The lowest BCUT2D eigenvalue weighted by molar-refractivity contribution is -0.136. The highest BCUT2D eigenvalue weighted by molar-refractivity contribution is 14.1. The predicted octanol–water partition coefficient (Wildman–Crippen LogP) is 2.71. The molecule has 0 amide bonds. The van der Waals surface area contributed by atoms with Crippen molar-refractivity contribution in [3.05, 3.63) is 27.3 Å². The first-order valence-electron chi connectivity index (χ1n) is 4.76. The Morgan fingerprint density at radius 3 is 2.87 bits per heavy atom. The fraction of sp³-hybridized carbons (Fsp3) is 0.364. The second-order valence-electron chi connectivity index (χ2n) is 3.17. The summed E-state index contributed by atoms with van der Waals surface area (Å²) in [6.45, 7) is 2.64. The van der Waals surface area contributed by atoms with Crippen molar-refractivity contribution >= 4 is 28.6 Å². The fourth-order valence-electron chi connectivity index (χ4n) is 1.20. The fourth-order valence-corrected chi connectivity index (χ4v) is 1.76. The molecule has 0 bridgehead atoms. The minimum Gasteiger partial charge on any atom is -0.493 e. The monoisotopic (exact) mass is 320 g/mol. The Balaban J connectivity index is 2.87. The van der Waals surface area contributed by atoms with Gasteiger partial charge >= 0.3 is 5.97 Å². The van der Waals surface area contributed by atoms with E-state index in [4.69, 9.17) is 9.84 Å². The van der Waals surface area contributed by atoms with E-state index >= 15 is 0 Å². The SMILES string of the molecule is CCCOc1ccc(I)cc1CC(=O)O. The van der Waals surface area contributed by atoms with Crippen molar-refractivity contribution in [2.75, 3.05) is 6.61 Å². The summed E-state index contributed by atoms with van der Waals surface area (Å²) in [5.41, 5.74) is 0.739. The minimum absolute atomic E-state index is 0.00981. The molecule has 0 saturated heterocycles. The van der Waals surface area contributed by atoms with Crippen LogP contribution in [0.5, 0.6) is 5.75 Å². The Kier molecular flexibility index (Phi) is 4.87. The van der Waals surface area contributed by atoms with Gasteiger partial charge in [0, 0.05) is 9.13 Å². The smallest absolute Gasteiger partial charge is 0.307 e. The highest BCUT2D eigenvalue weighted by Crippen LogP contribution is 2.22. The van der Waals surface area contributed by atoms with E-state index in [1.165, 1.54) is 0 Å². The third-order valence-electron chi connectivity index (χ3n) is 1.83. The molecule has 1 aromatic rings. The van der Waals surface area contributed by atoms with E-state index in [0.717, 1.165) is 15.6 Å². The van der Waals surface area contributed by atoms with Crippen LogP contribution in [0.2, 0.25) is 0 Å². The van der Waals surface area contributed by atoms with Crippen LogP contribution in [0.3, 0.4) is 0 Å². The van der Waals surface area contributed by atoms with Gasteiger partial charge in [-0.1, -0.05) is 6.92 Å². The molecule has 4 heteroatoms. The zero-order valence-electron chi connectivity index (χ0n) is 8.50. The Labute approximate surface area is 103 Å². The minimum atomic E-state index is -0.835. The van der Waals surface area contributed by atoms with E-state index in [1.54, 1.807) is 0 Å². The molecule has 0 spiro atoms. The van der Waals surface area contributed by atoms with Gasteiger partial charge in [-0.2, -0.15) is 0 Å². The molecule has 0 fully saturated rings. The van der Waals surface area contributed by atoms with Gasteiger partial charge in [-0.05, 0) is 47.2 Å². The van der Waals surface area contributed by atoms with Gasteiger partial charge < -0.3 is 9.84 Å². The number of benzene rings is 1. The summed E-state index contributed by atoms with van der Waals surface area (Å²) in [4.78, 5) is 10.6. The van der Waals surface area contributed by atoms with Crippen molar-refractivity contribution in [3.63, 3.8) is 0 Å². The molecule has 15 heavy (non-hydrogen) atoms. The maximum Gasteiger partial charge on any atom is 0.307 e. The highest BCUT2D eigenvalue weighted by Gasteiger charge is 2.08. The van der Waals surface area contributed by atoms with Crippen molar-refractivity contribution in [3.8, 4) is 5.75 Å². The van der Waals surface area contributed by atoms with E-state index in [1.807, 2.05) is 25.1 Å². The first-order valence-corrected chi connectivity index (χ1v) is 5.84. The average molecular weight is 320 g/mol. The van der Waals surface area contributed by atoms with Gasteiger partial charge in [0.2, 0.25) is 0 Å². The molecule has 0 aromatic heterocycles. The molecular weight excluding hydrogens is 307 g/mol. The van der Waals surface area contributed by atoms with Gasteiger partial charge in [0.05, 0.1) is 13.0 Å². The number of hydrogen-bond donors (Lipinski definition) is 1. The number of carboxylic acid groups (broad SMARTS) is 1. The average Bonchev–Trinajstić information content (AvgIpc) is 2.16. The second-order valence-corrected chi connectivity index (χ2v) is 4.42. The standard InChI is InChI=1S/C11H13IO3/c1-2-5-15-10-4-3-9(12)6-8(10)7-11(13)14/h3-4,6H,2,5,7H2,1H3,(H,13,14). The Hall–Kier alpha value is -0.780. The van der Waals surface area contributed by atoms with Crippen LogP contribution in [0.15, 0.2) is 18.2 Å². The van der Waals surface area contributed by atoms with Gasteiger partial charge in [0.15, 0.2) is 0 Å². The molecular formula is C11H13IO3. The van der Waals surface area contributed by atoms with Crippen LogP contribution >= 0.6 is 22.6 Å². The van der Waals surface area contributed by atoms with E-state index in [9.17, 15) is 4.79 Å². The van der Waals surface area contributed by atoms with Crippen LogP contribution in [0.25, 0.3) is 0 Å². The number of aliphatic carboxylic acids is 1. The zero-order valence-corrected chi connectivity index (χ0v) is 10.7. The van der Waals surface area contributed by atoms with Crippen LogP contribution in [0.4, 0.5) is 0 Å². The summed E-state index contributed by atoms with van der Waals surface area (Å²) in [7, 11) is 0. The lowest BCUT2D eigenvalue weighted by Crippen LogP contribution is -2.04. The van der Waals surface area contributed by atoms with E-state index < -0.39 is 5.97 Å². The number of ether oxygens (including phenoxy) is 1. The third kappa shape index (κ3) is 4.07. The molecule has 0 aliphatic heterocycles. The first kappa shape index (κ1) is 12.3.